The van der Waals surface area contributed by atoms with Crippen molar-refractivity contribution < 1.29 is 24.6 Å². The van der Waals surface area contributed by atoms with Gasteiger partial charge in [0.1, 0.15) is 7.11 Å². The molecule has 1 aromatic carbocycles. The number of nitrogens with two attached hydrogens (primary N) is 1. The molecule has 0 spiro atoms. The van der Waals surface area contributed by atoms with Crippen LogP contribution in [0.15, 0.2) is 48.3 Å². The van der Waals surface area contributed by atoms with Gasteiger partial charge in [-0.05, 0) is 18.3 Å². The van der Waals surface area contributed by atoms with Crippen LogP contribution < -0.4 is 5.48 Å². The molecule has 0 radical (unpaired) electrons. The van der Waals surface area contributed by atoms with Gasteiger partial charge >= 0.3 is 5.69 Å². The van der Waals surface area contributed by atoms with Gasteiger partial charge in [0.25, 0.3) is 10.9 Å². The van der Waals surface area contributed by atoms with E-state index in [1.807, 2.05) is 56.6 Å². The minimum absolute atomic E-state index is 0.391. The van der Waals surface area contributed by atoms with Crippen LogP contribution in [0.3, 0.4) is 0 Å². The number of ether oxygens (including phenoxy) is 1. The van der Waals surface area contributed by atoms with Crippen LogP contribution in [0, 0.1) is 0 Å². The standard InChI is InChI=1S/C17H22N3O3S/c1-19(2)17(24)23-16-12-8-7-11-15(16)20(22-4)14-10-6-5-9-13(14)18-21-3/h5-10,12,18H,11H2,1-4H3/q+1/p+1/b20-15-. The second kappa shape index (κ2) is 8.58. The van der Waals surface area contributed by atoms with Crippen LogP contribution in [-0.2, 0) is 14.4 Å². The molecular formula is C17H23N3O3S+2. The fraction of sp³-hybridized carbons (Fsp3) is 0.294. The Morgan fingerprint density at radius 3 is 2.67 bits per heavy atom. The van der Waals surface area contributed by atoms with Crippen molar-refractivity contribution in [2.24, 2.45) is 0 Å². The van der Waals surface area contributed by atoms with Crippen molar-refractivity contribution >= 4 is 34.5 Å². The molecular weight excluding hydrogens is 326 g/mol. The summed E-state index contributed by atoms with van der Waals surface area (Å²) < 4.78 is 7.57. The highest BCUT2D eigenvalue weighted by molar-refractivity contribution is 7.80. The van der Waals surface area contributed by atoms with E-state index >= 15 is 0 Å². The Balaban J connectivity index is 2.47. The summed E-state index contributed by atoms with van der Waals surface area (Å²) in [5.74, 6) is 0.658. The Morgan fingerprint density at radius 2 is 2.00 bits per heavy atom. The summed E-state index contributed by atoms with van der Waals surface area (Å²) >= 11 is 5.26. The lowest BCUT2D eigenvalue weighted by Crippen LogP contribution is -2.76. The minimum atomic E-state index is 0.391. The van der Waals surface area contributed by atoms with Crippen LogP contribution in [0.1, 0.15) is 6.42 Å². The Morgan fingerprint density at radius 1 is 1.25 bits per heavy atom. The Kier molecular flexibility index (Phi) is 6.48. The third-order valence-corrected chi connectivity index (χ3v) is 3.82. The molecule has 0 bridgehead atoms. The molecule has 0 heterocycles. The number of allylic oxidation sites excluding steroid dienone is 4. The van der Waals surface area contributed by atoms with Gasteiger partial charge in [-0.15, -0.1) is 0 Å². The van der Waals surface area contributed by atoms with Gasteiger partial charge in [0.2, 0.25) is 11.4 Å². The summed E-state index contributed by atoms with van der Waals surface area (Å²) in [6.45, 7) is 0. The van der Waals surface area contributed by atoms with Crippen molar-refractivity contribution in [3.05, 3.63) is 48.3 Å². The van der Waals surface area contributed by atoms with Gasteiger partial charge in [0.15, 0.2) is 0 Å². The molecule has 7 heteroatoms. The molecule has 6 nitrogen and oxygen atoms in total. The molecule has 1 aliphatic carbocycles. The summed E-state index contributed by atoms with van der Waals surface area (Å²) in [6.07, 6.45) is 6.52. The highest BCUT2D eigenvalue weighted by atomic mass is 32.1. The molecule has 0 aromatic heterocycles. The molecule has 2 N–H and O–H groups in total. The second-order valence-electron chi connectivity index (χ2n) is 5.26. The molecule has 128 valence electrons. The van der Waals surface area contributed by atoms with Crippen LogP contribution in [0.5, 0.6) is 0 Å². The summed E-state index contributed by atoms with van der Waals surface area (Å²) in [4.78, 5) is 12.6. The number of hydrogen-bond donors (Lipinski definition) is 1. The average Bonchev–Trinajstić information content (AvgIpc) is 2.58. The second-order valence-corrected chi connectivity index (χ2v) is 5.61. The fourth-order valence-electron chi connectivity index (χ4n) is 2.25. The van der Waals surface area contributed by atoms with E-state index in [0.29, 0.717) is 17.4 Å². The van der Waals surface area contributed by atoms with Gasteiger partial charge < -0.3 is 9.64 Å². The third kappa shape index (κ3) is 4.19. The maximum atomic E-state index is 5.84. The fourth-order valence-corrected chi connectivity index (χ4v) is 2.34. The van der Waals surface area contributed by atoms with Crippen LogP contribution in [0.25, 0.3) is 0 Å². The van der Waals surface area contributed by atoms with Crippen LogP contribution in [0.4, 0.5) is 11.4 Å². The van der Waals surface area contributed by atoms with E-state index in [1.54, 1.807) is 29.3 Å². The topological polar surface area (TPSA) is 50.6 Å². The first kappa shape index (κ1) is 18.1. The Labute approximate surface area is 147 Å². The van der Waals surface area contributed by atoms with Gasteiger partial charge in [0, 0.05) is 31.0 Å². The van der Waals surface area contributed by atoms with Crippen molar-refractivity contribution in [1.29, 1.82) is 0 Å². The van der Waals surface area contributed by atoms with Crippen molar-refractivity contribution in [3.8, 4) is 0 Å². The first-order valence-electron chi connectivity index (χ1n) is 7.50. The molecule has 0 atom stereocenters. The zero-order chi connectivity index (χ0) is 17.5. The highest BCUT2D eigenvalue weighted by Crippen LogP contribution is 2.24. The number of quaternary nitrogens is 1. The third-order valence-electron chi connectivity index (χ3n) is 3.37. The predicted molar refractivity (Wildman–Crippen MR) is 96.2 cm³/mol. The van der Waals surface area contributed by atoms with Gasteiger partial charge in [-0.25, -0.2) is 4.84 Å². The number of nitrogens with zero attached hydrogens (tertiary/aromatic N) is 2. The molecule has 0 aliphatic heterocycles. The van der Waals surface area contributed by atoms with Gasteiger partial charge in [-0.1, -0.05) is 24.3 Å². The van der Waals surface area contributed by atoms with Crippen molar-refractivity contribution in [2.45, 2.75) is 6.42 Å². The van der Waals surface area contributed by atoms with Crippen molar-refractivity contribution in [3.63, 3.8) is 0 Å². The van der Waals surface area contributed by atoms with E-state index in [2.05, 4.69) is 0 Å². The van der Waals surface area contributed by atoms with E-state index < -0.39 is 0 Å². The predicted octanol–water partition coefficient (Wildman–Crippen LogP) is 1.80. The molecule has 0 unspecified atom stereocenters. The summed E-state index contributed by atoms with van der Waals surface area (Å²) in [5.41, 5.74) is 4.30. The van der Waals surface area contributed by atoms with E-state index in [1.165, 1.54) is 0 Å². The first-order valence-corrected chi connectivity index (χ1v) is 7.90. The average molecular weight is 349 g/mol. The molecule has 1 aliphatic rings. The summed E-state index contributed by atoms with van der Waals surface area (Å²) in [6, 6.07) is 7.81. The van der Waals surface area contributed by atoms with E-state index in [9.17, 15) is 0 Å². The quantitative estimate of drug-likeness (QED) is 0.380. The highest BCUT2D eigenvalue weighted by Gasteiger charge is 2.30. The number of para-hydroxylation sites is 1. The number of thiocarbonyl (C=S) groups is 1. The molecule has 24 heavy (non-hydrogen) atoms. The number of hydrogen-bond acceptors (Lipinski definition) is 4. The van der Waals surface area contributed by atoms with E-state index in [4.69, 9.17) is 26.6 Å². The Hall–Kier alpha value is -2.22. The zero-order valence-corrected chi connectivity index (χ0v) is 15.2. The largest absolute Gasteiger partial charge is 0.425 e. The SMILES string of the molecule is CO[NH2+]c1ccccc1/[N+](OC)=C1\CC=CC=C1OC(=S)N(C)C. The van der Waals surface area contributed by atoms with E-state index in [-0.39, 0.29) is 0 Å². The lowest BCUT2D eigenvalue weighted by Gasteiger charge is -2.17. The van der Waals surface area contributed by atoms with Gasteiger partial charge in [0.05, 0.1) is 13.5 Å². The molecule has 0 amide bonds. The minimum Gasteiger partial charge on any atom is -0.425 e. The van der Waals surface area contributed by atoms with Crippen LogP contribution in [-0.4, -0.2) is 48.8 Å². The first-order chi connectivity index (χ1) is 11.6. The lowest BCUT2D eigenvalue weighted by atomic mass is 10.1. The lowest BCUT2D eigenvalue weighted by molar-refractivity contribution is -0.835. The van der Waals surface area contributed by atoms with Crippen LogP contribution in [0.2, 0.25) is 0 Å². The maximum Gasteiger partial charge on any atom is 0.320 e. The summed E-state index contributed by atoms with van der Waals surface area (Å²) in [7, 11) is 6.93. The van der Waals surface area contributed by atoms with E-state index in [0.717, 1.165) is 17.1 Å². The molecule has 0 saturated carbocycles. The Bertz CT molecular complexity index is 696. The summed E-state index contributed by atoms with van der Waals surface area (Å²) in [5, 5.41) is 0.391. The van der Waals surface area contributed by atoms with Crippen LogP contribution >= 0.6 is 12.2 Å². The monoisotopic (exact) mass is 349 g/mol. The molecule has 2 rings (SSSR count). The number of rotatable bonds is 5. The van der Waals surface area contributed by atoms with Crippen molar-refractivity contribution in [2.75, 3.05) is 28.3 Å². The molecule has 1 aromatic rings. The van der Waals surface area contributed by atoms with Crippen molar-refractivity contribution in [1.82, 2.24) is 4.90 Å². The molecule has 0 saturated heterocycles. The zero-order valence-electron chi connectivity index (χ0n) is 14.4. The smallest absolute Gasteiger partial charge is 0.320 e. The normalized spacial score (nSPS) is 15.6. The van der Waals surface area contributed by atoms with Gasteiger partial charge in [-0.3, -0.25) is 4.84 Å². The maximum absolute atomic E-state index is 5.84. The van der Waals surface area contributed by atoms with Gasteiger partial charge in [-0.2, -0.15) is 5.48 Å². The molecule has 0 fully saturated rings. The number of benzene rings is 1.